The Hall–Kier alpha value is -1.55. The molecule has 1 heterocycles. The molecule has 104 valence electrons. The third kappa shape index (κ3) is 3.47. The lowest BCUT2D eigenvalue weighted by Crippen LogP contribution is -2.13. The molecule has 1 aromatic carbocycles. The average Bonchev–Trinajstić information content (AvgIpc) is 2.78. The van der Waals surface area contributed by atoms with Crippen molar-refractivity contribution in [3.05, 3.63) is 23.8 Å². The Morgan fingerprint density at radius 3 is 2.84 bits per heavy atom. The number of ether oxygens (including phenoxy) is 1. The Balaban J connectivity index is 2.23. The summed E-state index contributed by atoms with van der Waals surface area (Å²) in [5.41, 5.74) is 2.02. The molecule has 2 rings (SSSR count). The summed E-state index contributed by atoms with van der Waals surface area (Å²) in [5.74, 6) is 1.32. The summed E-state index contributed by atoms with van der Waals surface area (Å²) in [6.45, 7) is 6.20. The van der Waals surface area contributed by atoms with Gasteiger partial charge in [0.1, 0.15) is 5.75 Å². The maximum atomic E-state index is 10.6. The van der Waals surface area contributed by atoms with Crippen molar-refractivity contribution in [1.29, 1.82) is 0 Å². The van der Waals surface area contributed by atoms with Gasteiger partial charge in [-0.25, -0.2) is 0 Å². The first-order valence-corrected chi connectivity index (χ1v) is 6.79. The van der Waals surface area contributed by atoms with Crippen LogP contribution in [0.2, 0.25) is 0 Å². The number of hydrogen-bond donors (Lipinski definition) is 1. The van der Waals surface area contributed by atoms with E-state index in [4.69, 9.17) is 4.74 Å². The molecule has 4 nitrogen and oxygen atoms in total. The van der Waals surface area contributed by atoms with Gasteiger partial charge in [-0.15, -0.1) is 0 Å². The van der Waals surface area contributed by atoms with Gasteiger partial charge in [-0.3, -0.25) is 4.79 Å². The van der Waals surface area contributed by atoms with E-state index in [1.165, 1.54) is 12.0 Å². The highest BCUT2D eigenvalue weighted by Gasteiger charge is 2.22. The van der Waals surface area contributed by atoms with E-state index in [2.05, 4.69) is 29.4 Å². The lowest BCUT2D eigenvalue weighted by atomic mass is 9.98. The minimum Gasteiger partial charge on any atom is -0.489 e. The van der Waals surface area contributed by atoms with Crippen LogP contribution < -0.4 is 10.1 Å². The van der Waals surface area contributed by atoms with Gasteiger partial charge in [0.15, 0.2) is 0 Å². The zero-order valence-electron chi connectivity index (χ0n) is 11.8. The second-order valence-corrected chi connectivity index (χ2v) is 5.43. The van der Waals surface area contributed by atoms with Crippen LogP contribution in [0.4, 0.5) is 5.69 Å². The van der Waals surface area contributed by atoms with Crippen LogP contribution in [0.5, 0.6) is 5.75 Å². The topological polar surface area (TPSA) is 41.6 Å². The maximum Gasteiger partial charge on any atom is 0.211 e. The fourth-order valence-electron chi connectivity index (χ4n) is 2.53. The quantitative estimate of drug-likeness (QED) is 0.829. The van der Waals surface area contributed by atoms with Crippen LogP contribution in [-0.4, -0.2) is 37.6 Å². The highest BCUT2D eigenvalue weighted by atomic mass is 16.5. The Labute approximate surface area is 114 Å². The largest absolute Gasteiger partial charge is 0.489 e. The number of rotatable bonds is 5. The van der Waals surface area contributed by atoms with Gasteiger partial charge in [0, 0.05) is 6.54 Å². The molecule has 0 radical (unpaired) electrons. The van der Waals surface area contributed by atoms with E-state index in [-0.39, 0.29) is 6.10 Å². The Morgan fingerprint density at radius 2 is 2.26 bits per heavy atom. The summed E-state index contributed by atoms with van der Waals surface area (Å²) in [6, 6.07) is 6.08. The summed E-state index contributed by atoms with van der Waals surface area (Å²) in [5, 5.41) is 2.69. The molecule has 1 N–H and O–H groups in total. The molecule has 0 spiro atoms. The monoisotopic (exact) mass is 262 g/mol. The molecule has 0 aliphatic carbocycles. The lowest BCUT2D eigenvalue weighted by molar-refractivity contribution is -0.105. The van der Waals surface area contributed by atoms with Crippen molar-refractivity contribution in [2.75, 3.05) is 25.5 Å². The van der Waals surface area contributed by atoms with Crippen LogP contribution in [-0.2, 0) is 4.79 Å². The molecule has 0 saturated carbocycles. The third-order valence-electron chi connectivity index (χ3n) is 3.45. The predicted molar refractivity (Wildman–Crippen MR) is 76.7 cm³/mol. The van der Waals surface area contributed by atoms with Crippen molar-refractivity contribution in [3.8, 4) is 5.75 Å². The number of carbonyl (C=O) groups is 1. The fraction of sp³-hybridized carbons (Fsp3) is 0.533. The minimum atomic E-state index is 0.0914. The number of carbonyl (C=O) groups excluding carboxylic acids is 1. The van der Waals surface area contributed by atoms with Crippen LogP contribution in [0.25, 0.3) is 0 Å². The molecule has 1 amide bonds. The molecule has 1 fully saturated rings. The number of nitrogens with one attached hydrogen (secondary N) is 1. The number of nitrogens with zero attached hydrogens (tertiary/aromatic N) is 1. The number of hydrogen-bond acceptors (Lipinski definition) is 3. The predicted octanol–water partition coefficient (Wildman–Crippen LogP) is 2.46. The second kappa shape index (κ2) is 6.06. The maximum absolute atomic E-state index is 10.6. The van der Waals surface area contributed by atoms with Crippen molar-refractivity contribution in [2.45, 2.75) is 32.3 Å². The Bertz CT molecular complexity index is 446. The van der Waals surface area contributed by atoms with Crippen LogP contribution >= 0.6 is 0 Å². The van der Waals surface area contributed by atoms with Crippen LogP contribution in [0, 0.1) is 0 Å². The van der Waals surface area contributed by atoms with Crippen molar-refractivity contribution in [1.82, 2.24) is 4.90 Å². The molecule has 1 aliphatic heterocycles. The van der Waals surface area contributed by atoms with Gasteiger partial charge >= 0.3 is 0 Å². The van der Waals surface area contributed by atoms with Gasteiger partial charge in [0.2, 0.25) is 6.41 Å². The first-order valence-electron chi connectivity index (χ1n) is 6.79. The van der Waals surface area contributed by atoms with Crippen LogP contribution in [0.15, 0.2) is 18.2 Å². The third-order valence-corrected chi connectivity index (χ3v) is 3.45. The fourth-order valence-corrected chi connectivity index (χ4v) is 2.53. The SMILES string of the molecule is CC(C)Oc1cc(C2CCN(C)C2)ccc1NC=O. The molecule has 4 heteroatoms. The highest BCUT2D eigenvalue weighted by Crippen LogP contribution is 2.33. The number of amides is 1. The molecule has 1 atom stereocenters. The number of likely N-dealkylation sites (N-methyl/N-ethyl adjacent to an activating group) is 1. The van der Waals surface area contributed by atoms with Gasteiger partial charge in [-0.2, -0.15) is 0 Å². The van der Waals surface area contributed by atoms with E-state index in [1.807, 2.05) is 19.9 Å². The Morgan fingerprint density at radius 1 is 1.47 bits per heavy atom. The van der Waals surface area contributed by atoms with Crippen molar-refractivity contribution in [2.24, 2.45) is 0 Å². The number of anilines is 1. The van der Waals surface area contributed by atoms with Crippen molar-refractivity contribution in [3.63, 3.8) is 0 Å². The first kappa shape index (κ1) is 13.9. The molecule has 1 aromatic rings. The van der Waals surface area contributed by atoms with Crippen molar-refractivity contribution >= 4 is 12.1 Å². The summed E-state index contributed by atoms with van der Waals surface area (Å²) < 4.78 is 5.79. The minimum absolute atomic E-state index is 0.0914. The van der Waals surface area contributed by atoms with Crippen LogP contribution in [0.3, 0.4) is 0 Å². The van der Waals surface area contributed by atoms with E-state index in [9.17, 15) is 4.79 Å². The average molecular weight is 262 g/mol. The second-order valence-electron chi connectivity index (χ2n) is 5.43. The van der Waals surface area contributed by atoms with Gasteiger partial charge in [0.25, 0.3) is 0 Å². The molecule has 1 saturated heterocycles. The molecular formula is C15H22N2O2. The van der Waals surface area contributed by atoms with E-state index in [1.54, 1.807) is 0 Å². The molecule has 1 aliphatic rings. The molecule has 1 unspecified atom stereocenters. The normalized spacial score (nSPS) is 19.7. The standard InChI is InChI=1S/C15H22N2O2/c1-11(2)19-15-8-12(4-5-14(15)16-10-18)13-6-7-17(3)9-13/h4-5,8,10-11,13H,6-7,9H2,1-3H3,(H,16,18). The zero-order valence-corrected chi connectivity index (χ0v) is 11.8. The smallest absolute Gasteiger partial charge is 0.211 e. The van der Waals surface area contributed by atoms with Crippen LogP contribution in [0.1, 0.15) is 31.7 Å². The van der Waals surface area contributed by atoms with E-state index >= 15 is 0 Å². The molecule has 0 bridgehead atoms. The number of likely N-dealkylation sites (tertiary alicyclic amines) is 1. The van der Waals surface area contributed by atoms with Gasteiger partial charge in [-0.05, 0) is 57.5 Å². The van der Waals surface area contributed by atoms with Crippen molar-refractivity contribution < 1.29 is 9.53 Å². The first-order chi connectivity index (χ1) is 9.10. The summed E-state index contributed by atoms with van der Waals surface area (Å²) >= 11 is 0. The summed E-state index contributed by atoms with van der Waals surface area (Å²) in [4.78, 5) is 13.0. The van der Waals surface area contributed by atoms with Gasteiger partial charge < -0.3 is 15.0 Å². The molecular weight excluding hydrogens is 240 g/mol. The number of benzene rings is 1. The highest BCUT2D eigenvalue weighted by molar-refractivity contribution is 5.75. The molecule has 19 heavy (non-hydrogen) atoms. The Kier molecular flexibility index (Phi) is 4.43. The molecule has 0 aromatic heterocycles. The lowest BCUT2D eigenvalue weighted by Gasteiger charge is -2.17. The zero-order chi connectivity index (χ0) is 13.8. The van der Waals surface area contributed by atoms with E-state index in [0.717, 1.165) is 24.5 Å². The van der Waals surface area contributed by atoms with E-state index < -0.39 is 0 Å². The summed E-state index contributed by atoms with van der Waals surface area (Å²) in [7, 11) is 2.15. The van der Waals surface area contributed by atoms with Gasteiger partial charge in [-0.1, -0.05) is 6.07 Å². The van der Waals surface area contributed by atoms with E-state index in [0.29, 0.717) is 12.3 Å². The van der Waals surface area contributed by atoms with Gasteiger partial charge in [0.05, 0.1) is 11.8 Å². The summed E-state index contributed by atoms with van der Waals surface area (Å²) in [6.07, 6.45) is 1.96.